The van der Waals surface area contributed by atoms with Gasteiger partial charge in [0.1, 0.15) is 0 Å². The van der Waals surface area contributed by atoms with E-state index < -0.39 is 0 Å². The number of methoxy groups -OCH3 is 1. The minimum absolute atomic E-state index is 0.110. The Balaban J connectivity index is 2.18. The molecule has 0 radical (unpaired) electrons. The van der Waals surface area contributed by atoms with Gasteiger partial charge in [-0.05, 0) is 49.1 Å². The summed E-state index contributed by atoms with van der Waals surface area (Å²) in [4.78, 5) is 0. The first-order valence-corrected chi connectivity index (χ1v) is 7.43. The van der Waals surface area contributed by atoms with Crippen molar-refractivity contribution in [3.05, 3.63) is 35.2 Å². The van der Waals surface area contributed by atoms with Gasteiger partial charge >= 0.3 is 0 Å². The van der Waals surface area contributed by atoms with E-state index in [1.165, 1.54) is 15.6 Å². The van der Waals surface area contributed by atoms with E-state index in [1.54, 1.807) is 18.4 Å². The maximum Gasteiger partial charge on any atom is 0.0623 e. The van der Waals surface area contributed by atoms with Gasteiger partial charge in [0, 0.05) is 17.9 Å². The Bertz CT molecular complexity index is 536. The lowest BCUT2D eigenvalue weighted by Crippen LogP contribution is -2.31. The van der Waals surface area contributed by atoms with Gasteiger partial charge in [0.15, 0.2) is 0 Å². The van der Waals surface area contributed by atoms with Gasteiger partial charge in [-0.2, -0.15) is 0 Å². The van der Waals surface area contributed by atoms with E-state index >= 15 is 0 Å². The van der Waals surface area contributed by atoms with Gasteiger partial charge in [-0.25, -0.2) is 0 Å². The number of rotatable bonds is 6. The Morgan fingerprint density at radius 3 is 2.79 bits per heavy atom. The van der Waals surface area contributed by atoms with E-state index in [9.17, 15) is 0 Å². The third kappa shape index (κ3) is 3.34. The molecule has 104 valence electrons. The number of hydrazine groups is 1. The standard InChI is InChI=1S/C15H22N2OS/c1-15(2,18-3)9-8-13(17-16)12-10-19-14-7-5-4-6-11(12)14/h4-7,10,13,17H,8-9,16H2,1-3H3. The third-order valence-electron chi connectivity index (χ3n) is 3.68. The lowest BCUT2D eigenvalue weighted by molar-refractivity contribution is 0.0117. The fraction of sp³-hybridized carbons (Fsp3) is 0.467. The fourth-order valence-corrected chi connectivity index (χ4v) is 3.21. The van der Waals surface area contributed by atoms with Crippen LogP contribution >= 0.6 is 11.3 Å². The second kappa shape index (κ2) is 6.01. The predicted molar refractivity (Wildman–Crippen MR) is 82.2 cm³/mol. The van der Waals surface area contributed by atoms with Crippen LogP contribution in [0, 0.1) is 0 Å². The van der Waals surface area contributed by atoms with Crippen LogP contribution in [0.3, 0.4) is 0 Å². The lowest BCUT2D eigenvalue weighted by atomic mass is 9.95. The zero-order valence-electron chi connectivity index (χ0n) is 11.8. The molecule has 19 heavy (non-hydrogen) atoms. The predicted octanol–water partition coefficient (Wildman–Crippen LogP) is 3.61. The van der Waals surface area contributed by atoms with Crippen LogP contribution in [0.2, 0.25) is 0 Å². The van der Waals surface area contributed by atoms with Crippen molar-refractivity contribution < 1.29 is 4.74 Å². The zero-order chi connectivity index (χ0) is 13.9. The summed E-state index contributed by atoms with van der Waals surface area (Å²) in [6.07, 6.45) is 1.92. The monoisotopic (exact) mass is 278 g/mol. The van der Waals surface area contributed by atoms with Gasteiger partial charge in [-0.15, -0.1) is 11.3 Å². The molecule has 1 unspecified atom stereocenters. The van der Waals surface area contributed by atoms with E-state index in [-0.39, 0.29) is 11.6 Å². The summed E-state index contributed by atoms with van der Waals surface area (Å²) in [5.41, 5.74) is 4.12. The summed E-state index contributed by atoms with van der Waals surface area (Å²) in [6.45, 7) is 4.21. The zero-order valence-corrected chi connectivity index (χ0v) is 12.6. The quantitative estimate of drug-likeness (QED) is 0.627. The molecule has 0 bridgehead atoms. The smallest absolute Gasteiger partial charge is 0.0623 e. The van der Waals surface area contributed by atoms with E-state index in [4.69, 9.17) is 10.6 Å². The molecule has 1 aromatic carbocycles. The SMILES string of the molecule is COC(C)(C)CCC(NN)c1csc2ccccc12. The Kier molecular flexibility index (Phi) is 4.58. The average molecular weight is 278 g/mol. The first-order chi connectivity index (χ1) is 9.07. The fourth-order valence-electron chi connectivity index (χ4n) is 2.19. The summed E-state index contributed by atoms with van der Waals surface area (Å²) >= 11 is 1.77. The molecule has 1 aromatic heterocycles. The lowest BCUT2D eigenvalue weighted by Gasteiger charge is -2.25. The highest BCUT2D eigenvalue weighted by Gasteiger charge is 2.21. The molecule has 0 aliphatic heterocycles. The molecule has 2 aromatic rings. The molecule has 0 saturated carbocycles. The molecule has 3 nitrogen and oxygen atoms in total. The Labute approximate surface area is 118 Å². The van der Waals surface area contributed by atoms with E-state index in [0.29, 0.717) is 0 Å². The average Bonchev–Trinajstić information content (AvgIpc) is 2.84. The summed E-state index contributed by atoms with van der Waals surface area (Å²) in [5.74, 6) is 5.74. The van der Waals surface area contributed by atoms with Crippen molar-refractivity contribution in [2.24, 2.45) is 5.84 Å². The van der Waals surface area contributed by atoms with Crippen molar-refractivity contribution in [3.8, 4) is 0 Å². The Morgan fingerprint density at radius 2 is 2.11 bits per heavy atom. The number of ether oxygens (including phenoxy) is 1. The van der Waals surface area contributed by atoms with Gasteiger partial charge in [0.2, 0.25) is 0 Å². The Hall–Kier alpha value is -0.940. The molecule has 1 atom stereocenters. The maximum absolute atomic E-state index is 5.74. The number of nitrogens with one attached hydrogen (secondary N) is 1. The Morgan fingerprint density at radius 1 is 1.37 bits per heavy atom. The largest absolute Gasteiger partial charge is 0.379 e. The van der Waals surface area contributed by atoms with E-state index in [0.717, 1.165) is 12.8 Å². The molecule has 0 aliphatic rings. The van der Waals surface area contributed by atoms with Crippen molar-refractivity contribution in [2.45, 2.75) is 38.3 Å². The first kappa shape index (κ1) is 14.5. The van der Waals surface area contributed by atoms with Crippen LogP contribution < -0.4 is 11.3 Å². The number of hydrogen-bond acceptors (Lipinski definition) is 4. The number of benzene rings is 1. The van der Waals surface area contributed by atoms with Gasteiger partial charge < -0.3 is 4.74 Å². The number of nitrogens with two attached hydrogens (primary N) is 1. The summed E-state index contributed by atoms with van der Waals surface area (Å²) in [6, 6.07) is 8.63. The van der Waals surface area contributed by atoms with Crippen LogP contribution in [0.4, 0.5) is 0 Å². The molecule has 2 rings (SSSR count). The van der Waals surface area contributed by atoms with Crippen LogP contribution in [-0.2, 0) is 4.74 Å². The molecule has 4 heteroatoms. The van der Waals surface area contributed by atoms with E-state index in [1.807, 2.05) is 0 Å². The molecule has 0 aliphatic carbocycles. The van der Waals surface area contributed by atoms with Gasteiger partial charge in [-0.1, -0.05) is 18.2 Å². The molecule has 1 heterocycles. The molecule has 0 spiro atoms. The molecular formula is C15H22N2OS. The van der Waals surface area contributed by atoms with Crippen molar-refractivity contribution >= 4 is 21.4 Å². The number of hydrogen-bond donors (Lipinski definition) is 2. The molecule has 0 saturated heterocycles. The van der Waals surface area contributed by atoms with Crippen LogP contribution in [0.1, 0.15) is 38.3 Å². The third-order valence-corrected chi connectivity index (χ3v) is 4.66. The van der Waals surface area contributed by atoms with Crippen molar-refractivity contribution in [3.63, 3.8) is 0 Å². The van der Waals surface area contributed by atoms with Crippen molar-refractivity contribution in [1.29, 1.82) is 0 Å². The van der Waals surface area contributed by atoms with Crippen LogP contribution in [0.25, 0.3) is 10.1 Å². The van der Waals surface area contributed by atoms with Crippen molar-refractivity contribution in [2.75, 3.05) is 7.11 Å². The summed E-state index contributed by atoms with van der Waals surface area (Å²) < 4.78 is 6.78. The van der Waals surface area contributed by atoms with Crippen molar-refractivity contribution in [1.82, 2.24) is 5.43 Å². The van der Waals surface area contributed by atoms with Crippen LogP contribution in [-0.4, -0.2) is 12.7 Å². The molecule has 0 fully saturated rings. The molecular weight excluding hydrogens is 256 g/mol. The molecule has 3 N–H and O–H groups in total. The van der Waals surface area contributed by atoms with Gasteiger partial charge in [-0.3, -0.25) is 11.3 Å². The first-order valence-electron chi connectivity index (χ1n) is 6.55. The second-order valence-electron chi connectivity index (χ2n) is 5.41. The second-order valence-corrected chi connectivity index (χ2v) is 6.32. The van der Waals surface area contributed by atoms with Gasteiger partial charge in [0.25, 0.3) is 0 Å². The highest BCUT2D eigenvalue weighted by atomic mass is 32.1. The highest BCUT2D eigenvalue weighted by molar-refractivity contribution is 7.17. The van der Waals surface area contributed by atoms with E-state index in [2.05, 4.69) is 48.9 Å². The van der Waals surface area contributed by atoms with Crippen LogP contribution in [0.5, 0.6) is 0 Å². The maximum atomic E-state index is 5.74. The molecule has 0 amide bonds. The van der Waals surface area contributed by atoms with Crippen LogP contribution in [0.15, 0.2) is 29.6 Å². The number of thiophene rings is 1. The summed E-state index contributed by atoms with van der Waals surface area (Å²) in [5, 5.41) is 3.50. The highest BCUT2D eigenvalue weighted by Crippen LogP contribution is 2.33. The minimum Gasteiger partial charge on any atom is -0.379 e. The number of fused-ring (bicyclic) bond motifs is 1. The minimum atomic E-state index is -0.110. The topological polar surface area (TPSA) is 47.3 Å². The summed E-state index contributed by atoms with van der Waals surface area (Å²) in [7, 11) is 1.75. The normalized spacial score (nSPS) is 13.9. The van der Waals surface area contributed by atoms with Gasteiger partial charge in [0.05, 0.1) is 5.60 Å².